The van der Waals surface area contributed by atoms with Crippen LogP contribution in [0.3, 0.4) is 0 Å². The molecular weight excluding hydrogens is 399 g/mol. The summed E-state index contributed by atoms with van der Waals surface area (Å²) in [7, 11) is 0. The van der Waals surface area contributed by atoms with Crippen LogP contribution in [0.15, 0.2) is 40.9 Å². The Bertz CT molecular complexity index is 727. The maximum absolute atomic E-state index is 12.4. The second-order valence-corrected chi connectivity index (χ2v) is 7.14. The molecule has 4 rings (SSSR count). The van der Waals surface area contributed by atoms with Gasteiger partial charge in [-0.15, -0.1) is 24.8 Å². The fourth-order valence-corrected chi connectivity index (χ4v) is 3.74. The van der Waals surface area contributed by atoms with E-state index in [1.54, 1.807) is 6.20 Å². The van der Waals surface area contributed by atoms with Crippen LogP contribution in [0.2, 0.25) is 0 Å². The minimum Gasteiger partial charge on any atom is -0.439 e. The van der Waals surface area contributed by atoms with Gasteiger partial charge in [0.25, 0.3) is 0 Å². The molecule has 28 heavy (non-hydrogen) atoms. The molecule has 0 aliphatic carbocycles. The molecule has 1 amide bonds. The Labute approximate surface area is 178 Å². The van der Waals surface area contributed by atoms with Crippen molar-refractivity contribution in [3.63, 3.8) is 0 Å². The van der Waals surface area contributed by atoms with Gasteiger partial charge in [0, 0.05) is 44.2 Å². The van der Waals surface area contributed by atoms with E-state index in [-0.39, 0.29) is 30.7 Å². The molecule has 0 saturated carbocycles. The highest BCUT2D eigenvalue weighted by Gasteiger charge is 2.25. The van der Waals surface area contributed by atoms with Gasteiger partial charge in [0.2, 0.25) is 11.8 Å². The molecule has 2 aromatic rings. The zero-order valence-electron chi connectivity index (χ0n) is 15.9. The zero-order chi connectivity index (χ0) is 17.8. The number of hydrogen-bond donors (Lipinski definition) is 1. The number of rotatable bonds is 5. The summed E-state index contributed by atoms with van der Waals surface area (Å²) < 4.78 is 5.89. The lowest BCUT2D eigenvalue weighted by atomic mass is 10.1. The number of amides is 1. The van der Waals surface area contributed by atoms with E-state index in [0.29, 0.717) is 19.0 Å². The first kappa shape index (κ1) is 22.7. The Kier molecular flexibility index (Phi) is 8.76. The lowest BCUT2D eigenvalue weighted by Crippen LogP contribution is -2.49. The summed E-state index contributed by atoms with van der Waals surface area (Å²) in [4.78, 5) is 21.1. The molecule has 2 fully saturated rings. The van der Waals surface area contributed by atoms with Crippen LogP contribution in [-0.2, 0) is 11.3 Å². The predicted octanol–water partition coefficient (Wildman–Crippen LogP) is 2.97. The number of aromatic nitrogens is 1. The Morgan fingerprint density at radius 3 is 2.57 bits per heavy atom. The van der Waals surface area contributed by atoms with Crippen molar-refractivity contribution in [2.75, 3.05) is 32.7 Å². The van der Waals surface area contributed by atoms with Gasteiger partial charge in [0.15, 0.2) is 5.76 Å². The number of hydrogen-bond acceptors (Lipinski definition) is 5. The number of halogens is 2. The van der Waals surface area contributed by atoms with Crippen LogP contribution >= 0.6 is 24.8 Å². The van der Waals surface area contributed by atoms with E-state index in [4.69, 9.17) is 4.42 Å². The quantitative estimate of drug-likeness (QED) is 0.795. The smallest absolute Gasteiger partial charge is 0.224 e. The molecule has 0 radical (unpaired) electrons. The Balaban J connectivity index is 0.00000140. The Morgan fingerprint density at radius 1 is 1.14 bits per heavy atom. The molecule has 2 aliphatic rings. The second-order valence-electron chi connectivity index (χ2n) is 7.14. The maximum atomic E-state index is 12.4. The van der Waals surface area contributed by atoms with Crippen LogP contribution in [0.1, 0.15) is 25.2 Å². The summed E-state index contributed by atoms with van der Waals surface area (Å²) in [5.41, 5.74) is 1.04. The Hall–Kier alpha value is -1.60. The van der Waals surface area contributed by atoms with E-state index in [1.807, 2.05) is 35.2 Å². The molecule has 1 atom stereocenters. The first-order valence-corrected chi connectivity index (χ1v) is 9.51. The van der Waals surface area contributed by atoms with Crippen molar-refractivity contribution in [1.29, 1.82) is 0 Å². The monoisotopic (exact) mass is 426 g/mol. The number of benzene rings is 1. The van der Waals surface area contributed by atoms with Gasteiger partial charge < -0.3 is 14.6 Å². The van der Waals surface area contributed by atoms with Gasteiger partial charge >= 0.3 is 0 Å². The Morgan fingerprint density at radius 2 is 1.89 bits per heavy atom. The molecule has 1 unspecified atom stereocenters. The fraction of sp³-hybridized carbons (Fsp3) is 0.500. The maximum Gasteiger partial charge on any atom is 0.224 e. The van der Waals surface area contributed by atoms with Gasteiger partial charge in [-0.1, -0.05) is 30.3 Å². The molecule has 1 aromatic carbocycles. The number of piperazine rings is 1. The SMILES string of the molecule is Cl.Cl.O=C(CC1CCCN1)N1CCN(Cc2ncc(-c3ccccc3)o2)CC1. The van der Waals surface area contributed by atoms with Crippen LogP contribution < -0.4 is 5.32 Å². The molecule has 2 aliphatic heterocycles. The summed E-state index contributed by atoms with van der Waals surface area (Å²) in [6.07, 6.45) is 4.74. The molecule has 0 bridgehead atoms. The standard InChI is InChI=1S/C20H26N4O2.2ClH/c25-20(13-17-7-4-8-21-17)24-11-9-23(10-12-24)15-19-22-14-18(26-19)16-5-2-1-3-6-16;;/h1-3,5-6,14,17,21H,4,7-13,15H2;2*1H. The zero-order valence-corrected chi connectivity index (χ0v) is 17.5. The van der Waals surface area contributed by atoms with Gasteiger partial charge in [0.1, 0.15) is 0 Å². The molecule has 3 heterocycles. The largest absolute Gasteiger partial charge is 0.439 e. The van der Waals surface area contributed by atoms with E-state index in [0.717, 1.165) is 56.4 Å². The third kappa shape index (κ3) is 5.70. The average molecular weight is 427 g/mol. The third-order valence-corrected chi connectivity index (χ3v) is 5.28. The molecule has 2 saturated heterocycles. The van der Waals surface area contributed by atoms with Crippen molar-refractivity contribution >= 4 is 30.7 Å². The van der Waals surface area contributed by atoms with Crippen molar-refractivity contribution in [2.24, 2.45) is 0 Å². The van der Waals surface area contributed by atoms with Crippen molar-refractivity contribution in [3.8, 4) is 11.3 Å². The van der Waals surface area contributed by atoms with Gasteiger partial charge in [-0.3, -0.25) is 9.69 Å². The fourth-order valence-electron chi connectivity index (χ4n) is 3.74. The van der Waals surface area contributed by atoms with Crippen molar-refractivity contribution in [2.45, 2.75) is 31.8 Å². The molecule has 8 heteroatoms. The minimum absolute atomic E-state index is 0. The van der Waals surface area contributed by atoms with Crippen LogP contribution in [0.5, 0.6) is 0 Å². The third-order valence-electron chi connectivity index (χ3n) is 5.28. The van der Waals surface area contributed by atoms with Crippen molar-refractivity contribution in [3.05, 3.63) is 42.4 Å². The molecule has 154 valence electrons. The number of nitrogens with one attached hydrogen (secondary N) is 1. The predicted molar refractivity (Wildman–Crippen MR) is 114 cm³/mol. The van der Waals surface area contributed by atoms with Crippen LogP contribution in [0.4, 0.5) is 0 Å². The highest BCUT2D eigenvalue weighted by Crippen LogP contribution is 2.21. The van der Waals surface area contributed by atoms with E-state index >= 15 is 0 Å². The van der Waals surface area contributed by atoms with Crippen LogP contribution in [0, 0.1) is 0 Å². The molecule has 1 aromatic heterocycles. The second kappa shape index (κ2) is 10.8. The summed E-state index contributed by atoms with van der Waals surface area (Å²) in [6.45, 7) is 5.06. The minimum atomic E-state index is 0. The summed E-state index contributed by atoms with van der Waals surface area (Å²) in [5.74, 6) is 1.82. The highest BCUT2D eigenvalue weighted by molar-refractivity contribution is 5.85. The van der Waals surface area contributed by atoms with Crippen molar-refractivity contribution < 1.29 is 9.21 Å². The van der Waals surface area contributed by atoms with Crippen LogP contribution in [0.25, 0.3) is 11.3 Å². The van der Waals surface area contributed by atoms with Gasteiger partial charge in [-0.25, -0.2) is 4.98 Å². The number of oxazole rings is 1. The van der Waals surface area contributed by atoms with E-state index < -0.39 is 0 Å². The average Bonchev–Trinajstić information content (AvgIpc) is 3.35. The molecule has 1 N–H and O–H groups in total. The lowest BCUT2D eigenvalue weighted by Gasteiger charge is -2.34. The van der Waals surface area contributed by atoms with Gasteiger partial charge in [0.05, 0.1) is 12.7 Å². The van der Waals surface area contributed by atoms with E-state index in [9.17, 15) is 4.79 Å². The molecule has 6 nitrogen and oxygen atoms in total. The number of nitrogens with zero attached hydrogens (tertiary/aromatic N) is 3. The number of carbonyl (C=O) groups is 1. The van der Waals surface area contributed by atoms with Gasteiger partial charge in [-0.05, 0) is 19.4 Å². The molecule has 0 spiro atoms. The number of carbonyl (C=O) groups excluding carboxylic acids is 1. The summed E-state index contributed by atoms with van der Waals surface area (Å²) in [6, 6.07) is 10.4. The summed E-state index contributed by atoms with van der Waals surface area (Å²) in [5, 5.41) is 3.41. The topological polar surface area (TPSA) is 61.6 Å². The van der Waals surface area contributed by atoms with Gasteiger partial charge in [-0.2, -0.15) is 0 Å². The van der Waals surface area contributed by atoms with Crippen LogP contribution in [-0.4, -0.2) is 59.5 Å². The normalized spacial score (nSPS) is 19.7. The van der Waals surface area contributed by atoms with E-state index in [1.165, 1.54) is 6.42 Å². The lowest BCUT2D eigenvalue weighted by molar-refractivity contribution is -0.133. The van der Waals surface area contributed by atoms with E-state index in [2.05, 4.69) is 15.2 Å². The molecular formula is C20H28Cl2N4O2. The highest BCUT2D eigenvalue weighted by atomic mass is 35.5. The summed E-state index contributed by atoms with van der Waals surface area (Å²) >= 11 is 0. The first-order valence-electron chi connectivity index (χ1n) is 9.51. The first-order chi connectivity index (χ1) is 12.8. The van der Waals surface area contributed by atoms with Crippen molar-refractivity contribution in [1.82, 2.24) is 20.1 Å².